The zero-order valence-corrected chi connectivity index (χ0v) is 18.0. The fourth-order valence-electron chi connectivity index (χ4n) is 3.77. The van der Waals surface area contributed by atoms with E-state index < -0.39 is 9.84 Å². The highest BCUT2D eigenvalue weighted by molar-refractivity contribution is 8.15. The van der Waals surface area contributed by atoms with Crippen LogP contribution in [0.4, 0.5) is 0 Å². The molecule has 0 saturated carbocycles. The number of rotatable bonds is 5. The van der Waals surface area contributed by atoms with Gasteiger partial charge in [0.15, 0.2) is 15.0 Å². The Morgan fingerprint density at radius 1 is 1.07 bits per heavy atom. The normalized spacial score (nSPS) is 24.0. The van der Waals surface area contributed by atoms with Crippen molar-refractivity contribution in [3.63, 3.8) is 0 Å². The first-order valence-electron chi connectivity index (χ1n) is 9.74. The molecule has 0 unspecified atom stereocenters. The van der Waals surface area contributed by atoms with Gasteiger partial charge in [-0.05, 0) is 24.5 Å². The molecule has 0 aliphatic carbocycles. The number of thioether (sulfide) groups is 1. The molecular formula is C22H24N2O3S2. The number of carbonyl (C=O) groups is 1. The molecule has 4 rings (SSSR count). The molecular weight excluding hydrogens is 404 g/mol. The van der Waals surface area contributed by atoms with Crippen LogP contribution in [0.1, 0.15) is 23.1 Å². The lowest BCUT2D eigenvalue weighted by Crippen LogP contribution is -2.37. The molecule has 2 aliphatic heterocycles. The number of aryl methyl sites for hydroxylation is 2. The number of nitrogens with zero attached hydrogens (tertiary/aromatic N) is 2. The van der Waals surface area contributed by atoms with Crippen molar-refractivity contribution in [3.8, 4) is 0 Å². The molecule has 2 heterocycles. The van der Waals surface area contributed by atoms with Crippen LogP contribution in [0, 0.1) is 6.92 Å². The lowest BCUT2D eigenvalue weighted by Gasteiger charge is -2.24. The lowest BCUT2D eigenvalue weighted by atomic mass is 10.1. The van der Waals surface area contributed by atoms with E-state index in [0.717, 1.165) is 11.1 Å². The third-order valence-electron chi connectivity index (χ3n) is 5.34. The maximum Gasteiger partial charge on any atom is 0.248 e. The Morgan fingerprint density at radius 2 is 1.79 bits per heavy atom. The van der Waals surface area contributed by atoms with Gasteiger partial charge >= 0.3 is 0 Å². The van der Waals surface area contributed by atoms with E-state index in [4.69, 9.17) is 0 Å². The standard InChI is InChI=1S/C22H24N2O3S2/c1-16-7-9-18(10-8-16)13-24-19-14-29(26,27)15-20(19)28-22(24)23-21(25)12-11-17-5-3-2-4-6-17/h2-10,19-20H,11-15H2,1H3/t19-,20-/m0/s1. The summed E-state index contributed by atoms with van der Waals surface area (Å²) in [4.78, 5) is 18.9. The summed E-state index contributed by atoms with van der Waals surface area (Å²) in [6, 6.07) is 18.0. The first-order valence-corrected chi connectivity index (χ1v) is 12.4. The maximum atomic E-state index is 12.5. The molecule has 2 aromatic carbocycles. The van der Waals surface area contributed by atoms with Gasteiger partial charge in [-0.1, -0.05) is 71.9 Å². The summed E-state index contributed by atoms with van der Waals surface area (Å²) in [6.07, 6.45) is 1.00. The topological polar surface area (TPSA) is 66.8 Å². The summed E-state index contributed by atoms with van der Waals surface area (Å²) in [5.41, 5.74) is 3.38. The third kappa shape index (κ3) is 4.90. The minimum Gasteiger partial charge on any atom is -0.342 e. The van der Waals surface area contributed by atoms with Crippen molar-refractivity contribution in [3.05, 3.63) is 71.3 Å². The fourth-order valence-corrected chi connectivity index (χ4v) is 7.74. The van der Waals surface area contributed by atoms with E-state index >= 15 is 0 Å². The van der Waals surface area contributed by atoms with Gasteiger partial charge in [0.1, 0.15) is 0 Å². The van der Waals surface area contributed by atoms with Crippen LogP contribution in [0.5, 0.6) is 0 Å². The quantitative estimate of drug-likeness (QED) is 0.732. The van der Waals surface area contributed by atoms with Gasteiger partial charge in [-0.15, -0.1) is 0 Å². The number of hydrogen-bond acceptors (Lipinski definition) is 4. The third-order valence-corrected chi connectivity index (χ3v) is 8.59. The Labute approximate surface area is 176 Å². The van der Waals surface area contributed by atoms with Crippen molar-refractivity contribution in [2.75, 3.05) is 11.5 Å². The van der Waals surface area contributed by atoms with Crippen molar-refractivity contribution in [1.82, 2.24) is 4.90 Å². The van der Waals surface area contributed by atoms with Crippen LogP contribution in [-0.2, 0) is 27.6 Å². The van der Waals surface area contributed by atoms with Crippen molar-refractivity contribution in [2.24, 2.45) is 4.99 Å². The number of benzene rings is 2. The van der Waals surface area contributed by atoms with Crippen molar-refractivity contribution in [2.45, 2.75) is 37.6 Å². The summed E-state index contributed by atoms with van der Waals surface area (Å²) in [5, 5.41) is 0.611. The van der Waals surface area contributed by atoms with E-state index in [1.165, 1.54) is 17.3 Å². The Balaban J connectivity index is 1.51. The van der Waals surface area contributed by atoms with Crippen molar-refractivity contribution in [1.29, 1.82) is 0 Å². The molecule has 0 bridgehead atoms. The molecule has 5 nitrogen and oxygen atoms in total. The predicted octanol–water partition coefficient (Wildman–Crippen LogP) is 3.22. The molecule has 0 radical (unpaired) electrons. The Hall–Kier alpha value is -2.12. The molecule has 2 aliphatic rings. The number of amidine groups is 1. The van der Waals surface area contributed by atoms with Gasteiger partial charge in [0.25, 0.3) is 0 Å². The zero-order chi connectivity index (χ0) is 20.4. The predicted molar refractivity (Wildman–Crippen MR) is 118 cm³/mol. The minimum absolute atomic E-state index is 0.0499. The van der Waals surface area contributed by atoms with E-state index in [0.29, 0.717) is 24.6 Å². The van der Waals surface area contributed by atoms with E-state index in [1.807, 2.05) is 66.4 Å². The SMILES string of the molecule is Cc1ccc(CN2C(=NC(=O)CCc3ccccc3)S[C@H]3CS(=O)(=O)C[C@@H]32)cc1. The lowest BCUT2D eigenvalue weighted by molar-refractivity contribution is -0.117. The van der Waals surface area contributed by atoms with Gasteiger partial charge in [-0.3, -0.25) is 4.79 Å². The second-order valence-corrected chi connectivity index (χ2v) is 11.0. The molecule has 0 aromatic heterocycles. The van der Waals surface area contributed by atoms with Crippen LogP contribution in [0.3, 0.4) is 0 Å². The molecule has 2 aromatic rings. The van der Waals surface area contributed by atoms with Gasteiger partial charge in [0.05, 0.1) is 17.5 Å². The molecule has 152 valence electrons. The highest BCUT2D eigenvalue weighted by Gasteiger charge is 2.48. The highest BCUT2D eigenvalue weighted by atomic mass is 32.2. The largest absolute Gasteiger partial charge is 0.342 e. The number of amides is 1. The minimum atomic E-state index is -3.04. The van der Waals surface area contributed by atoms with Crippen LogP contribution in [0.15, 0.2) is 59.6 Å². The van der Waals surface area contributed by atoms with E-state index in [1.54, 1.807) is 0 Å². The van der Waals surface area contributed by atoms with Crippen LogP contribution < -0.4 is 0 Å². The summed E-state index contributed by atoms with van der Waals surface area (Å²) < 4.78 is 24.3. The first kappa shape index (κ1) is 20.2. The summed E-state index contributed by atoms with van der Waals surface area (Å²) in [6.45, 7) is 2.60. The van der Waals surface area contributed by atoms with Crippen molar-refractivity contribution >= 4 is 32.7 Å². The van der Waals surface area contributed by atoms with E-state index in [9.17, 15) is 13.2 Å². The zero-order valence-electron chi connectivity index (χ0n) is 16.3. The molecule has 7 heteroatoms. The fraction of sp³-hybridized carbons (Fsp3) is 0.364. The number of fused-ring (bicyclic) bond motifs is 1. The molecule has 2 atom stereocenters. The summed E-state index contributed by atoms with van der Waals surface area (Å²) in [7, 11) is -3.04. The second kappa shape index (κ2) is 8.32. The van der Waals surface area contributed by atoms with E-state index in [-0.39, 0.29) is 28.7 Å². The van der Waals surface area contributed by atoms with Gasteiger partial charge in [0.2, 0.25) is 5.91 Å². The van der Waals surface area contributed by atoms with Crippen LogP contribution in [0.25, 0.3) is 0 Å². The Morgan fingerprint density at radius 3 is 2.52 bits per heavy atom. The molecule has 0 N–H and O–H groups in total. The van der Waals surface area contributed by atoms with E-state index in [2.05, 4.69) is 4.99 Å². The number of carbonyl (C=O) groups excluding carboxylic acids is 1. The number of aliphatic imine (C=N–C) groups is 1. The number of hydrogen-bond donors (Lipinski definition) is 0. The molecule has 1 amide bonds. The molecule has 29 heavy (non-hydrogen) atoms. The van der Waals surface area contributed by atoms with Crippen LogP contribution in [0.2, 0.25) is 0 Å². The average Bonchev–Trinajstić information content (AvgIpc) is 3.15. The van der Waals surface area contributed by atoms with Gasteiger partial charge < -0.3 is 4.90 Å². The Bertz CT molecular complexity index is 1020. The first-order chi connectivity index (χ1) is 13.9. The maximum absolute atomic E-state index is 12.5. The molecule has 2 fully saturated rings. The summed E-state index contributed by atoms with van der Waals surface area (Å²) in [5.74, 6) is 0.130. The second-order valence-electron chi connectivity index (χ2n) is 7.69. The molecule has 0 spiro atoms. The smallest absolute Gasteiger partial charge is 0.248 e. The van der Waals surface area contributed by atoms with Crippen LogP contribution in [-0.4, -0.2) is 47.2 Å². The van der Waals surface area contributed by atoms with Gasteiger partial charge in [0, 0.05) is 18.2 Å². The highest BCUT2D eigenvalue weighted by Crippen LogP contribution is 2.39. The van der Waals surface area contributed by atoms with Crippen molar-refractivity contribution < 1.29 is 13.2 Å². The van der Waals surface area contributed by atoms with Gasteiger partial charge in [-0.25, -0.2) is 8.42 Å². The van der Waals surface area contributed by atoms with Crippen LogP contribution >= 0.6 is 11.8 Å². The van der Waals surface area contributed by atoms with Gasteiger partial charge in [-0.2, -0.15) is 4.99 Å². The summed E-state index contributed by atoms with van der Waals surface area (Å²) >= 11 is 1.44. The molecule has 2 saturated heterocycles. The monoisotopic (exact) mass is 428 g/mol. The Kier molecular flexibility index (Phi) is 5.79. The number of sulfone groups is 1. The average molecular weight is 429 g/mol.